The van der Waals surface area contributed by atoms with Crippen molar-refractivity contribution in [3.05, 3.63) is 54.6 Å². The summed E-state index contributed by atoms with van der Waals surface area (Å²) in [7, 11) is 2.03. The molecule has 0 amide bonds. The molecule has 0 spiro atoms. The summed E-state index contributed by atoms with van der Waals surface area (Å²) >= 11 is 0. The minimum atomic E-state index is -0.117. The lowest BCUT2D eigenvalue weighted by molar-refractivity contribution is -0.130. The highest BCUT2D eigenvalue weighted by Gasteiger charge is 2.39. The molecule has 4 nitrogen and oxygen atoms in total. The maximum absolute atomic E-state index is 9.51. The molecule has 1 aliphatic rings. The number of hydrogen-bond donors (Lipinski definition) is 1. The zero-order chi connectivity index (χ0) is 15.4. The van der Waals surface area contributed by atoms with Crippen LogP contribution in [0, 0.1) is 5.41 Å². The average molecular weight is 299 g/mol. The van der Waals surface area contributed by atoms with E-state index in [0.717, 1.165) is 23.7 Å². The van der Waals surface area contributed by atoms with Gasteiger partial charge in [0.2, 0.25) is 0 Å². The Balaban J connectivity index is 1.63. The maximum atomic E-state index is 9.51. The number of aliphatic hydroxyl groups excluding tert-OH is 1. The van der Waals surface area contributed by atoms with Gasteiger partial charge in [-0.15, -0.1) is 0 Å². The van der Waals surface area contributed by atoms with E-state index in [1.54, 1.807) is 0 Å². The van der Waals surface area contributed by atoms with Crippen LogP contribution in [0.2, 0.25) is 0 Å². The van der Waals surface area contributed by atoms with Gasteiger partial charge in [-0.1, -0.05) is 18.2 Å². The molecule has 1 aliphatic heterocycles. The van der Waals surface area contributed by atoms with E-state index in [1.165, 1.54) is 0 Å². The van der Waals surface area contributed by atoms with Crippen LogP contribution in [0.15, 0.2) is 54.6 Å². The topological polar surface area (TPSA) is 41.9 Å². The van der Waals surface area contributed by atoms with Crippen LogP contribution in [-0.4, -0.2) is 38.5 Å². The highest BCUT2D eigenvalue weighted by atomic mass is 16.5. The van der Waals surface area contributed by atoms with E-state index in [9.17, 15) is 5.11 Å². The summed E-state index contributed by atoms with van der Waals surface area (Å²) < 4.78 is 11.0. The number of nitrogens with zero attached hydrogens (tertiary/aromatic N) is 1. The highest BCUT2D eigenvalue weighted by molar-refractivity contribution is 5.49. The summed E-state index contributed by atoms with van der Waals surface area (Å²) in [5.74, 6) is 1.64. The molecule has 0 radical (unpaired) electrons. The second kappa shape index (κ2) is 6.38. The van der Waals surface area contributed by atoms with Crippen LogP contribution >= 0.6 is 0 Å². The van der Waals surface area contributed by atoms with Crippen LogP contribution in [0.25, 0.3) is 0 Å². The van der Waals surface area contributed by atoms with Crippen molar-refractivity contribution in [2.45, 2.75) is 0 Å². The molecule has 4 heteroatoms. The molecular formula is C18H21NO3. The summed E-state index contributed by atoms with van der Waals surface area (Å²) in [5.41, 5.74) is 0.980. The van der Waals surface area contributed by atoms with Crippen LogP contribution in [0.3, 0.4) is 0 Å². The van der Waals surface area contributed by atoms with E-state index in [1.807, 2.05) is 61.6 Å². The average Bonchev–Trinajstić information content (AvgIpc) is 2.52. The number of benzene rings is 2. The van der Waals surface area contributed by atoms with E-state index < -0.39 is 0 Å². The van der Waals surface area contributed by atoms with Crippen molar-refractivity contribution >= 4 is 5.69 Å². The van der Waals surface area contributed by atoms with Crippen molar-refractivity contribution in [2.75, 3.05) is 38.3 Å². The second-order valence-corrected chi connectivity index (χ2v) is 5.92. The van der Waals surface area contributed by atoms with Crippen molar-refractivity contribution in [2.24, 2.45) is 5.41 Å². The molecule has 1 N–H and O–H groups in total. The van der Waals surface area contributed by atoms with Crippen molar-refractivity contribution < 1.29 is 14.6 Å². The maximum Gasteiger partial charge on any atom is 0.127 e. The third-order valence-electron chi connectivity index (χ3n) is 3.98. The number of ether oxygens (including phenoxy) is 2. The monoisotopic (exact) mass is 299 g/mol. The van der Waals surface area contributed by atoms with Crippen LogP contribution in [0.5, 0.6) is 11.5 Å². The number of hydrogen-bond acceptors (Lipinski definition) is 4. The van der Waals surface area contributed by atoms with Gasteiger partial charge in [0.25, 0.3) is 0 Å². The molecule has 0 unspecified atom stereocenters. The SMILES string of the molecule is CN(CC1(CO)COC1)c1ccc(Oc2ccccc2)cc1. The Labute approximate surface area is 130 Å². The van der Waals surface area contributed by atoms with Gasteiger partial charge in [0.05, 0.1) is 25.2 Å². The van der Waals surface area contributed by atoms with Crippen molar-refractivity contribution in [1.29, 1.82) is 0 Å². The molecule has 1 heterocycles. The molecule has 0 bridgehead atoms. The number of aliphatic hydroxyl groups is 1. The fourth-order valence-corrected chi connectivity index (χ4v) is 2.61. The highest BCUT2D eigenvalue weighted by Crippen LogP contribution is 2.30. The molecule has 3 rings (SSSR count). The normalized spacial score (nSPS) is 15.9. The first-order valence-electron chi connectivity index (χ1n) is 7.44. The molecule has 0 saturated carbocycles. The lowest BCUT2D eigenvalue weighted by atomic mass is 9.86. The van der Waals surface area contributed by atoms with Crippen LogP contribution in [0.1, 0.15) is 0 Å². The van der Waals surface area contributed by atoms with Gasteiger partial charge in [0.1, 0.15) is 11.5 Å². The van der Waals surface area contributed by atoms with Gasteiger partial charge in [-0.2, -0.15) is 0 Å². The van der Waals surface area contributed by atoms with E-state index in [0.29, 0.717) is 13.2 Å². The summed E-state index contributed by atoms with van der Waals surface area (Å²) in [5, 5.41) is 9.51. The zero-order valence-electron chi connectivity index (χ0n) is 12.7. The largest absolute Gasteiger partial charge is 0.457 e. The van der Waals surface area contributed by atoms with Gasteiger partial charge in [0, 0.05) is 19.3 Å². The molecule has 0 aromatic heterocycles. The molecular weight excluding hydrogens is 278 g/mol. The molecule has 1 fully saturated rings. The Bertz CT molecular complexity index is 588. The fraction of sp³-hybridized carbons (Fsp3) is 0.333. The summed E-state index contributed by atoms with van der Waals surface area (Å²) in [6.45, 7) is 2.20. The zero-order valence-corrected chi connectivity index (χ0v) is 12.7. The van der Waals surface area contributed by atoms with Gasteiger partial charge in [-0.05, 0) is 36.4 Å². The van der Waals surface area contributed by atoms with E-state index in [4.69, 9.17) is 9.47 Å². The number of para-hydroxylation sites is 1. The van der Waals surface area contributed by atoms with Crippen LogP contribution in [-0.2, 0) is 4.74 Å². The summed E-state index contributed by atoms with van der Waals surface area (Å²) in [6, 6.07) is 17.7. The van der Waals surface area contributed by atoms with Gasteiger partial charge >= 0.3 is 0 Å². The Kier molecular flexibility index (Phi) is 4.32. The van der Waals surface area contributed by atoms with Crippen molar-refractivity contribution in [1.82, 2.24) is 0 Å². The third kappa shape index (κ3) is 3.24. The first-order chi connectivity index (χ1) is 10.7. The lowest BCUT2D eigenvalue weighted by Crippen LogP contribution is -2.52. The van der Waals surface area contributed by atoms with Gasteiger partial charge in [0.15, 0.2) is 0 Å². The first kappa shape index (κ1) is 14.9. The molecule has 0 atom stereocenters. The predicted molar refractivity (Wildman–Crippen MR) is 86.6 cm³/mol. The van der Waals surface area contributed by atoms with Gasteiger partial charge < -0.3 is 19.5 Å². The first-order valence-corrected chi connectivity index (χ1v) is 7.44. The third-order valence-corrected chi connectivity index (χ3v) is 3.98. The molecule has 0 aliphatic carbocycles. The van der Waals surface area contributed by atoms with E-state index >= 15 is 0 Å². The minimum absolute atomic E-state index is 0.117. The van der Waals surface area contributed by atoms with E-state index in [2.05, 4.69) is 4.90 Å². The number of anilines is 1. The minimum Gasteiger partial charge on any atom is -0.457 e. The van der Waals surface area contributed by atoms with Gasteiger partial charge in [-0.3, -0.25) is 0 Å². The number of rotatable bonds is 6. The quantitative estimate of drug-likeness (QED) is 0.890. The molecule has 2 aromatic carbocycles. The lowest BCUT2D eigenvalue weighted by Gasteiger charge is -2.42. The predicted octanol–water partition coefficient (Wildman–Crippen LogP) is 2.92. The van der Waals surface area contributed by atoms with Gasteiger partial charge in [-0.25, -0.2) is 0 Å². The molecule has 2 aromatic rings. The Morgan fingerprint density at radius 2 is 1.68 bits per heavy atom. The molecule has 1 saturated heterocycles. The Morgan fingerprint density at radius 1 is 1.05 bits per heavy atom. The standard InChI is InChI=1S/C18H21NO3/c1-19(11-18(12-20)13-21-14-18)15-7-9-17(10-8-15)22-16-5-3-2-4-6-16/h2-10,20H,11-14H2,1H3. The molecule has 116 valence electrons. The molecule has 22 heavy (non-hydrogen) atoms. The van der Waals surface area contributed by atoms with Crippen LogP contribution in [0.4, 0.5) is 5.69 Å². The smallest absolute Gasteiger partial charge is 0.127 e. The summed E-state index contributed by atoms with van der Waals surface area (Å²) in [6.07, 6.45) is 0. The van der Waals surface area contributed by atoms with Crippen molar-refractivity contribution in [3.63, 3.8) is 0 Å². The Morgan fingerprint density at radius 3 is 2.23 bits per heavy atom. The summed E-state index contributed by atoms with van der Waals surface area (Å²) in [4.78, 5) is 2.14. The Hall–Kier alpha value is -2.04. The van der Waals surface area contributed by atoms with Crippen LogP contribution < -0.4 is 9.64 Å². The van der Waals surface area contributed by atoms with E-state index in [-0.39, 0.29) is 12.0 Å². The second-order valence-electron chi connectivity index (χ2n) is 5.92. The fourth-order valence-electron chi connectivity index (χ4n) is 2.61. The van der Waals surface area contributed by atoms with Crippen molar-refractivity contribution in [3.8, 4) is 11.5 Å².